The van der Waals surface area contributed by atoms with E-state index in [1.54, 1.807) is 12.1 Å². The third-order valence-electron chi connectivity index (χ3n) is 3.55. The number of amides is 1. The van der Waals surface area contributed by atoms with Crippen molar-refractivity contribution in [3.05, 3.63) is 29.3 Å². The summed E-state index contributed by atoms with van der Waals surface area (Å²) < 4.78 is 0. The standard InChI is InChI=1S/C13H15ClN4O3S/c14-7-1-3-8(4-2-7)18-11-9(5-15-18)12(21)17-13(16-11)22-6-10(19)20/h1-4,9,11,13,15-16H,5-6H2,(H,17,21)(H,19,20). The van der Waals surface area contributed by atoms with Crippen LogP contribution in [0.15, 0.2) is 24.3 Å². The van der Waals surface area contributed by atoms with E-state index in [9.17, 15) is 9.59 Å². The minimum atomic E-state index is -0.915. The molecular weight excluding hydrogens is 328 g/mol. The first kappa shape index (κ1) is 15.4. The number of fused-ring (bicyclic) bond motifs is 1. The second-order valence-electron chi connectivity index (χ2n) is 5.02. The van der Waals surface area contributed by atoms with Crippen molar-refractivity contribution in [3.63, 3.8) is 0 Å². The van der Waals surface area contributed by atoms with Gasteiger partial charge in [-0.2, -0.15) is 0 Å². The van der Waals surface area contributed by atoms with E-state index in [1.807, 2.05) is 17.1 Å². The first-order valence-corrected chi connectivity index (χ1v) is 8.15. The van der Waals surface area contributed by atoms with Crippen LogP contribution in [0, 0.1) is 5.92 Å². The van der Waals surface area contributed by atoms with Crippen molar-refractivity contribution < 1.29 is 14.7 Å². The highest BCUT2D eigenvalue weighted by Gasteiger charge is 2.44. The van der Waals surface area contributed by atoms with Crippen LogP contribution in [0.3, 0.4) is 0 Å². The van der Waals surface area contributed by atoms with Crippen molar-refractivity contribution in [2.45, 2.75) is 11.7 Å². The van der Waals surface area contributed by atoms with Gasteiger partial charge in [-0.05, 0) is 24.3 Å². The van der Waals surface area contributed by atoms with Gasteiger partial charge in [0.25, 0.3) is 0 Å². The molecule has 4 N–H and O–H groups in total. The first-order valence-electron chi connectivity index (χ1n) is 6.73. The second kappa shape index (κ2) is 6.33. The minimum absolute atomic E-state index is 0.0797. The molecule has 2 aliphatic rings. The summed E-state index contributed by atoms with van der Waals surface area (Å²) in [4.78, 5) is 22.8. The van der Waals surface area contributed by atoms with E-state index >= 15 is 0 Å². The molecule has 0 radical (unpaired) electrons. The number of rotatable bonds is 4. The van der Waals surface area contributed by atoms with Crippen LogP contribution in [0.2, 0.25) is 5.02 Å². The molecule has 1 aromatic carbocycles. The average molecular weight is 343 g/mol. The molecule has 2 heterocycles. The summed E-state index contributed by atoms with van der Waals surface area (Å²) >= 11 is 7.04. The van der Waals surface area contributed by atoms with Gasteiger partial charge >= 0.3 is 5.97 Å². The molecule has 22 heavy (non-hydrogen) atoms. The predicted molar refractivity (Wildman–Crippen MR) is 84.4 cm³/mol. The van der Waals surface area contributed by atoms with Crippen LogP contribution in [0.5, 0.6) is 0 Å². The van der Waals surface area contributed by atoms with Crippen molar-refractivity contribution in [2.24, 2.45) is 5.92 Å². The number of hydrogen-bond donors (Lipinski definition) is 4. The van der Waals surface area contributed by atoms with Crippen LogP contribution in [-0.2, 0) is 9.59 Å². The van der Waals surface area contributed by atoms with Crippen molar-refractivity contribution >= 4 is 40.9 Å². The molecule has 7 nitrogen and oxygen atoms in total. The molecule has 0 spiro atoms. The summed E-state index contributed by atoms with van der Waals surface area (Å²) in [6.07, 6.45) is -0.235. The van der Waals surface area contributed by atoms with E-state index < -0.39 is 11.5 Å². The SMILES string of the molecule is O=C(O)CSC1NC(=O)C2CNN(c3ccc(Cl)cc3)C2N1. The van der Waals surface area contributed by atoms with Gasteiger partial charge in [-0.1, -0.05) is 11.6 Å². The number of nitrogens with zero attached hydrogens (tertiary/aromatic N) is 1. The summed E-state index contributed by atoms with van der Waals surface area (Å²) in [6.45, 7) is 0.516. The predicted octanol–water partition coefficient (Wildman–Crippen LogP) is 0.428. The maximum Gasteiger partial charge on any atom is 0.313 e. The van der Waals surface area contributed by atoms with Crippen molar-refractivity contribution in [1.82, 2.24) is 16.1 Å². The van der Waals surface area contributed by atoms with Gasteiger partial charge in [0, 0.05) is 11.6 Å². The number of carboxylic acids is 1. The van der Waals surface area contributed by atoms with Crippen molar-refractivity contribution in [2.75, 3.05) is 17.3 Å². The summed E-state index contributed by atoms with van der Waals surface area (Å²) in [5, 5.41) is 17.3. The van der Waals surface area contributed by atoms with Gasteiger partial charge in [0.05, 0.1) is 17.4 Å². The molecule has 3 rings (SSSR count). The Kier molecular flexibility index (Phi) is 4.44. The Balaban J connectivity index is 1.74. The number of thioether (sulfide) groups is 1. The lowest BCUT2D eigenvalue weighted by Crippen LogP contribution is -2.63. The quantitative estimate of drug-likeness (QED) is 0.630. The number of aliphatic carboxylic acids is 1. The molecule has 9 heteroatoms. The zero-order valence-electron chi connectivity index (χ0n) is 11.5. The summed E-state index contributed by atoms with van der Waals surface area (Å²) in [7, 11) is 0. The number of carbonyl (C=O) groups is 2. The molecule has 3 unspecified atom stereocenters. The lowest BCUT2D eigenvalue weighted by molar-refractivity contribution is -0.134. The lowest BCUT2D eigenvalue weighted by atomic mass is 10.1. The Morgan fingerprint density at radius 2 is 2.14 bits per heavy atom. The highest BCUT2D eigenvalue weighted by atomic mass is 35.5. The van der Waals surface area contributed by atoms with Gasteiger partial charge in [0.2, 0.25) is 5.91 Å². The molecule has 2 fully saturated rings. The molecular formula is C13H15ClN4O3S. The minimum Gasteiger partial charge on any atom is -0.481 e. The van der Waals surface area contributed by atoms with E-state index in [4.69, 9.17) is 16.7 Å². The average Bonchev–Trinajstić information content (AvgIpc) is 2.90. The van der Waals surface area contributed by atoms with Crippen molar-refractivity contribution in [3.8, 4) is 0 Å². The number of nitrogens with one attached hydrogen (secondary N) is 3. The number of anilines is 1. The van der Waals surface area contributed by atoms with Crippen molar-refractivity contribution in [1.29, 1.82) is 0 Å². The molecule has 1 aromatic rings. The van der Waals surface area contributed by atoms with Crippen LogP contribution in [0.1, 0.15) is 0 Å². The highest BCUT2D eigenvalue weighted by molar-refractivity contribution is 8.00. The number of hydrazine groups is 1. The first-order chi connectivity index (χ1) is 10.5. The van der Waals surface area contributed by atoms with Gasteiger partial charge in [-0.15, -0.1) is 11.8 Å². The Labute approximate surface area is 136 Å². The maximum absolute atomic E-state index is 12.2. The third-order valence-corrected chi connectivity index (χ3v) is 4.80. The fourth-order valence-corrected chi connectivity index (χ4v) is 3.41. The third kappa shape index (κ3) is 3.14. The fraction of sp³-hybridized carbons (Fsp3) is 0.385. The Bertz CT molecular complexity index is 585. The Hall–Kier alpha value is -1.48. The van der Waals surface area contributed by atoms with Crippen LogP contribution in [0.4, 0.5) is 5.69 Å². The topological polar surface area (TPSA) is 93.7 Å². The molecule has 1 amide bonds. The van der Waals surface area contributed by atoms with E-state index in [0.29, 0.717) is 11.6 Å². The monoisotopic (exact) mass is 342 g/mol. The van der Waals surface area contributed by atoms with E-state index in [1.165, 1.54) is 0 Å². The molecule has 0 aromatic heterocycles. The van der Waals surface area contributed by atoms with Crippen LogP contribution in [0.25, 0.3) is 0 Å². The van der Waals surface area contributed by atoms with Gasteiger partial charge in [0.1, 0.15) is 11.7 Å². The van der Waals surface area contributed by atoms with E-state index in [-0.39, 0.29) is 23.7 Å². The molecule has 118 valence electrons. The summed E-state index contributed by atoms with van der Waals surface area (Å²) in [6, 6.07) is 7.30. The molecule has 2 aliphatic heterocycles. The Morgan fingerprint density at radius 1 is 1.41 bits per heavy atom. The van der Waals surface area contributed by atoms with Crippen LogP contribution >= 0.6 is 23.4 Å². The van der Waals surface area contributed by atoms with E-state index in [0.717, 1.165) is 17.4 Å². The maximum atomic E-state index is 12.2. The van der Waals surface area contributed by atoms with Crippen LogP contribution in [-0.4, -0.2) is 40.9 Å². The molecule has 0 bridgehead atoms. The van der Waals surface area contributed by atoms with Gasteiger partial charge < -0.3 is 10.4 Å². The highest BCUT2D eigenvalue weighted by Crippen LogP contribution is 2.27. The zero-order valence-corrected chi connectivity index (χ0v) is 13.0. The molecule has 0 saturated carbocycles. The normalized spacial score (nSPS) is 27.4. The largest absolute Gasteiger partial charge is 0.481 e. The van der Waals surface area contributed by atoms with Gasteiger partial charge in [-0.3, -0.25) is 19.9 Å². The lowest BCUT2D eigenvalue weighted by Gasteiger charge is -2.36. The molecule has 2 saturated heterocycles. The van der Waals surface area contributed by atoms with Gasteiger partial charge in [-0.25, -0.2) is 5.43 Å². The number of carboxylic acid groups (broad SMARTS) is 1. The number of hydrogen-bond acceptors (Lipinski definition) is 6. The Morgan fingerprint density at radius 3 is 2.82 bits per heavy atom. The summed E-state index contributed by atoms with van der Waals surface area (Å²) in [5.74, 6) is -1.32. The smallest absolute Gasteiger partial charge is 0.313 e. The fourth-order valence-electron chi connectivity index (χ4n) is 2.54. The van der Waals surface area contributed by atoms with Crippen LogP contribution < -0.4 is 21.1 Å². The number of halogens is 1. The summed E-state index contributed by atoms with van der Waals surface area (Å²) in [5.41, 5.74) is 3.65. The van der Waals surface area contributed by atoms with Gasteiger partial charge in [0.15, 0.2) is 0 Å². The second-order valence-corrected chi connectivity index (χ2v) is 6.55. The number of benzene rings is 1. The zero-order chi connectivity index (χ0) is 15.7. The molecule has 3 atom stereocenters. The van der Waals surface area contributed by atoms with E-state index in [2.05, 4.69) is 16.1 Å². The number of carbonyl (C=O) groups excluding carboxylic acids is 1. The molecule has 0 aliphatic carbocycles.